The Balaban J connectivity index is 2.64. The number of nitro groups is 2. The van der Waals surface area contributed by atoms with Crippen molar-refractivity contribution in [2.75, 3.05) is 0 Å². The van der Waals surface area contributed by atoms with Gasteiger partial charge in [0, 0.05) is 11.0 Å². The molecule has 0 radical (unpaired) electrons. The maximum absolute atomic E-state index is 11.2. The molecule has 9 heteroatoms. The topological polar surface area (TPSA) is 135 Å². The summed E-state index contributed by atoms with van der Waals surface area (Å²) in [6, 6.07) is 10.8. The third kappa shape index (κ3) is 3.69. The summed E-state index contributed by atoms with van der Waals surface area (Å²) in [4.78, 5) is 23.1. The number of non-ortho nitro benzene ring substituents is 1. The predicted octanol–water partition coefficient (Wildman–Crippen LogP) is 4.62. The molecular weight excluding hydrogens is 302 g/mol. The van der Waals surface area contributed by atoms with Gasteiger partial charge >= 0.3 is 0 Å². The first kappa shape index (κ1) is 15.7. The summed E-state index contributed by atoms with van der Waals surface area (Å²) in [6.07, 6.45) is 2.98. The Morgan fingerprint density at radius 2 is 1.74 bits per heavy atom. The second kappa shape index (κ2) is 6.83. The molecule has 0 N–H and O–H groups in total. The molecule has 0 aliphatic rings. The van der Waals surface area contributed by atoms with Crippen molar-refractivity contribution in [3.05, 3.63) is 84.3 Å². The highest BCUT2D eigenvalue weighted by atomic mass is 16.6. The molecule has 2 aromatic carbocycles. The van der Waals surface area contributed by atoms with Crippen LogP contribution in [0.5, 0.6) is 0 Å². The lowest BCUT2D eigenvalue weighted by Crippen LogP contribution is -1.95. The molecule has 0 amide bonds. The Morgan fingerprint density at radius 3 is 2.30 bits per heavy atom. The Hall–Kier alpha value is -3.71. The van der Waals surface area contributed by atoms with Crippen molar-refractivity contribution in [3.8, 4) is 0 Å². The third-order valence-corrected chi connectivity index (χ3v) is 2.92. The third-order valence-electron chi connectivity index (χ3n) is 2.92. The number of rotatable bonds is 5. The molecule has 23 heavy (non-hydrogen) atoms. The lowest BCUT2D eigenvalue weighted by molar-refractivity contribution is -0.394. The number of hydrogen-bond acceptors (Lipinski definition) is 5. The first-order valence-electron chi connectivity index (χ1n) is 6.28. The first-order valence-corrected chi connectivity index (χ1v) is 6.28. The van der Waals surface area contributed by atoms with Crippen molar-refractivity contribution in [2.24, 2.45) is 5.11 Å². The number of nitrogens with zero attached hydrogens (tertiary/aromatic N) is 5. The molecule has 0 heterocycles. The minimum absolute atomic E-state index is 0.00209. The standard InChI is InChI=1S/C14H9N5O4/c15-17-16-13-8-11(18(20)21)9-14(19(22)23)12(13)7-6-10-4-2-1-3-5-10/h1-9H/b7-6+. The summed E-state index contributed by atoms with van der Waals surface area (Å²) in [5.74, 6) is 0. The summed E-state index contributed by atoms with van der Waals surface area (Å²) in [6.45, 7) is 0. The van der Waals surface area contributed by atoms with E-state index in [2.05, 4.69) is 10.0 Å². The van der Waals surface area contributed by atoms with Crippen LogP contribution in [0.1, 0.15) is 11.1 Å². The Labute approximate surface area is 129 Å². The fourth-order valence-electron chi connectivity index (χ4n) is 1.91. The lowest BCUT2D eigenvalue weighted by atomic mass is 10.1. The van der Waals surface area contributed by atoms with Crippen molar-refractivity contribution in [1.29, 1.82) is 0 Å². The van der Waals surface area contributed by atoms with Gasteiger partial charge in [-0.25, -0.2) is 0 Å². The summed E-state index contributed by atoms with van der Waals surface area (Å²) < 4.78 is 0. The zero-order valence-corrected chi connectivity index (χ0v) is 11.6. The van der Waals surface area contributed by atoms with E-state index in [4.69, 9.17) is 5.53 Å². The average Bonchev–Trinajstić information content (AvgIpc) is 2.54. The van der Waals surface area contributed by atoms with Gasteiger partial charge in [0.15, 0.2) is 0 Å². The van der Waals surface area contributed by atoms with Gasteiger partial charge in [-0.2, -0.15) is 0 Å². The van der Waals surface area contributed by atoms with Gasteiger partial charge in [0.1, 0.15) is 0 Å². The molecule has 2 rings (SSSR count). The van der Waals surface area contributed by atoms with Gasteiger partial charge in [-0.3, -0.25) is 20.2 Å². The Morgan fingerprint density at radius 1 is 1.04 bits per heavy atom. The maximum Gasteiger partial charge on any atom is 0.283 e. The molecule has 0 bridgehead atoms. The van der Waals surface area contributed by atoms with Gasteiger partial charge in [0.25, 0.3) is 11.4 Å². The Bertz CT molecular complexity index is 818. The SMILES string of the molecule is [N-]=[N+]=Nc1cc([N+](=O)[O-])cc([N+](=O)[O-])c1/C=C/c1ccccc1. The molecule has 0 unspecified atom stereocenters. The fourth-order valence-corrected chi connectivity index (χ4v) is 1.91. The smallest absolute Gasteiger partial charge is 0.258 e. The highest BCUT2D eigenvalue weighted by Crippen LogP contribution is 2.35. The number of azide groups is 1. The van der Waals surface area contributed by atoms with E-state index in [-0.39, 0.29) is 11.3 Å². The van der Waals surface area contributed by atoms with Crippen LogP contribution in [0, 0.1) is 20.2 Å². The van der Waals surface area contributed by atoms with Crippen LogP contribution in [0.25, 0.3) is 22.6 Å². The molecule has 0 saturated carbocycles. The largest absolute Gasteiger partial charge is 0.283 e. The molecule has 0 spiro atoms. The van der Waals surface area contributed by atoms with Gasteiger partial charge in [-0.05, 0) is 17.2 Å². The van der Waals surface area contributed by atoms with Crippen LogP contribution in [0.4, 0.5) is 17.1 Å². The van der Waals surface area contributed by atoms with Crippen LogP contribution in [-0.4, -0.2) is 9.85 Å². The van der Waals surface area contributed by atoms with Crippen LogP contribution in [-0.2, 0) is 0 Å². The maximum atomic E-state index is 11.2. The summed E-state index contributed by atoms with van der Waals surface area (Å²) in [5, 5.41) is 25.4. The van der Waals surface area contributed by atoms with Crippen LogP contribution in [0.15, 0.2) is 47.6 Å². The average molecular weight is 311 g/mol. The molecule has 0 aromatic heterocycles. The number of hydrogen-bond donors (Lipinski definition) is 0. The van der Waals surface area contributed by atoms with E-state index in [1.165, 1.54) is 6.08 Å². The zero-order valence-electron chi connectivity index (χ0n) is 11.6. The van der Waals surface area contributed by atoms with Crippen LogP contribution in [0.3, 0.4) is 0 Å². The van der Waals surface area contributed by atoms with E-state index in [0.717, 1.165) is 17.7 Å². The molecule has 2 aromatic rings. The van der Waals surface area contributed by atoms with Crippen molar-refractivity contribution >= 4 is 29.2 Å². The lowest BCUT2D eigenvalue weighted by Gasteiger charge is -2.02. The van der Waals surface area contributed by atoms with Crippen molar-refractivity contribution in [3.63, 3.8) is 0 Å². The van der Waals surface area contributed by atoms with Gasteiger partial charge in [-0.15, -0.1) is 0 Å². The molecule has 0 fully saturated rings. The molecular formula is C14H9N5O4. The summed E-state index contributed by atoms with van der Waals surface area (Å²) in [5.41, 5.74) is 8.15. The van der Waals surface area contributed by atoms with Crippen LogP contribution >= 0.6 is 0 Å². The van der Waals surface area contributed by atoms with Crippen molar-refractivity contribution in [2.45, 2.75) is 0 Å². The Kier molecular flexibility index (Phi) is 4.66. The van der Waals surface area contributed by atoms with E-state index < -0.39 is 21.2 Å². The fraction of sp³-hybridized carbons (Fsp3) is 0. The molecule has 9 nitrogen and oxygen atoms in total. The summed E-state index contributed by atoms with van der Waals surface area (Å²) in [7, 11) is 0. The quantitative estimate of drug-likeness (QED) is 0.199. The monoisotopic (exact) mass is 311 g/mol. The first-order chi connectivity index (χ1) is 11.0. The van der Waals surface area contributed by atoms with E-state index in [0.29, 0.717) is 0 Å². The zero-order chi connectivity index (χ0) is 16.8. The van der Waals surface area contributed by atoms with Crippen LogP contribution in [0.2, 0.25) is 0 Å². The number of nitro benzene ring substituents is 2. The van der Waals surface area contributed by atoms with Gasteiger partial charge in [0.05, 0.1) is 27.2 Å². The van der Waals surface area contributed by atoms with Crippen LogP contribution < -0.4 is 0 Å². The van der Waals surface area contributed by atoms with Gasteiger partial charge in [0.2, 0.25) is 0 Å². The summed E-state index contributed by atoms with van der Waals surface area (Å²) >= 11 is 0. The van der Waals surface area contributed by atoms with E-state index in [9.17, 15) is 20.2 Å². The van der Waals surface area contributed by atoms with E-state index >= 15 is 0 Å². The number of benzene rings is 2. The van der Waals surface area contributed by atoms with Gasteiger partial charge < -0.3 is 0 Å². The second-order valence-corrected chi connectivity index (χ2v) is 4.35. The van der Waals surface area contributed by atoms with E-state index in [1.54, 1.807) is 30.3 Å². The highest BCUT2D eigenvalue weighted by Gasteiger charge is 2.22. The molecule has 0 aliphatic heterocycles. The highest BCUT2D eigenvalue weighted by molar-refractivity contribution is 5.82. The minimum Gasteiger partial charge on any atom is -0.258 e. The molecule has 0 aliphatic carbocycles. The normalized spacial score (nSPS) is 10.3. The van der Waals surface area contributed by atoms with Gasteiger partial charge in [-0.1, -0.05) is 41.5 Å². The second-order valence-electron chi connectivity index (χ2n) is 4.35. The van der Waals surface area contributed by atoms with E-state index in [1.807, 2.05) is 6.07 Å². The molecule has 114 valence electrons. The predicted molar refractivity (Wildman–Crippen MR) is 83.9 cm³/mol. The van der Waals surface area contributed by atoms with Crippen molar-refractivity contribution in [1.82, 2.24) is 0 Å². The molecule has 0 saturated heterocycles. The minimum atomic E-state index is -0.784. The molecule has 0 atom stereocenters. The van der Waals surface area contributed by atoms with Crippen molar-refractivity contribution < 1.29 is 9.85 Å².